The lowest BCUT2D eigenvalue weighted by Gasteiger charge is -2.30. The van der Waals surface area contributed by atoms with Crippen LogP contribution < -0.4 is 16.4 Å². The summed E-state index contributed by atoms with van der Waals surface area (Å²) in [4.78, 5) is 24.7. The molecule has 0 aromatic carbocycles. The molecule has 0 fully saturated rings. The molecule has 19 heavy (non-hydrogen) atoms. The molecule has 7 nitrogen and oxygen atoms in total. The van der Waals surface area contributed by atoms with Crippen LogP contribution in [-0.2, 0) is 9.59 Å². The molecule has 1 aliphatic carbocycles. The molecule has 0 saturated heterocycles. The Balaban J connectivity index is 3.52. The Morgan fingerprint density at radius 2 is 1.68 bits per heavy atom. The van der Waals surface area contributed by atoms with Gasteiger partial charge in [0.1, 0.15) is 17.9 Å². The van der Waals surface area contributed by atoms with Gasteiger partial charge in [-0.05, 0) is 6.92 Å². The minimum absolute atomic E-state index is 0.0925. The van der Waals surface area contributed by atoms with Crippen molar-refractivity contribution in [1.29, 1.82) is 0 Å². The average molecular weight is 266 g/mol. The van der Waals surface area contributed by atoms with Gasteiger partial charge in [-0.25, -0.2) is 0 Å². The van der Waals surface area contributed by atoms with E-state index in [2.05, 4.69) is 22.5 Å². The third-order valence-electron chi connectivity index (χ3n) is 3.33. The second kappa shape index (κ2) is 5.23. The summed E-state index contributed by atoms with van der Waals surface area (Å²) in [6, 6.07) is 0. The third kappa shape index (κ3) is 2.12. The fourth-order valence-electron chi connectivity index (χ4n) is 1.99. The molecule has 0 aromatic rings. The van der Waals surface area contributed by atoms with Gasteiger partial charge < -0.3 is 16.4 Å². The molecule has 0 radical (unpaired) electrons. The second-order valence-electron chi connectivity index (χ2n) is 4.27. The number of nitrogens with zero attached hydrogens (tertiary/aromatic N) is 2. The highest BCUT2D eigenvalue weighted by atomic mass is 16.1. The standard InChI is InChI=1S/C12H19N5O2/c1-6-17(5,16-4)10-7(13)11(18)8(14-2)9(15-3)12(10)19/h4,6H2,1-3,5H3,(H3-,13,14,15,18,19)/p+1. The Morgan fingerprint density at radius 3 is 2.05 bits per heavy atom. The molecule has 1 unspecified atom stereocenters. The van der Waals surface area contributed by atoms with Crippen molar-refractivity contribution < 1.29 is 14.2 Å². The zero-order chi connectivity index (χ0) is 14.8. The Hall–Kier alpha value is -2.15. The van der Waals surface area contributed by atoms with Crippen LogP contribution in [0.3, 0.4) is 0 Å². The molecule has 0 aromatic heterocycles. The highest BCUT2D eigenvalue weighted by molar-refractivity contribution is 6.23. The number of rotatable bonds is 5. The van der Waals surface area contributed by atoms with E-state index in [0.717, 1.165) is 0 Å². The maximum absolute atomic E-state index is 12.5. The molecule has 1 atom stereocenters. The van der Waals surface area contributed by atoms with Gasteiger partial charge in [0.25, 0.3) is 5.78 Å². The third-order valence-corrected chi connectivity index (χ3v) is 3.33. The maximum atomic E-state index is 12.5. The van der Waals surface area contributed by atoms with E-state index < -0.39 is 5.78 Å². The van der Waals surface area contributed by atoms with E-state index in [1.807, 2.05) is 6.92 Å². The summed E-state index contributed by atoms with van der Waals surface area (Å²) in [6.07, 6.45) is 0. The van der Waals surface area contributed by atoms with Crippen LogP contribution >= 0.6 is 0 Å². The summed E-state index contributed by atoms with van der Waals surface area (Å²) in [5.74, 6) is -0.761. The van der Waals surface area contributed by atoms with Crippen LogP contribution in [0.5, 0.6) is 0 Å². The van der Waals surface area contributed by atoms with E-state index >= 15 is 0 Å². The Kier molecular flexibility index (Phi) is 4.10. The molecule has 4 N–H and O–H groups in total. The maximum Gasteiger partial charge on any atom is 0.269 e. The first-order valence-electron chi connectivity index (χ1n) is 5.91. The number of ketones is 2. The van der Waals surface area contributed by atoms with Crippen molar-refractivity contribution in [3.63, 3.8) is 0 Å². The summed E-state index contributed by atoms with van der Waals surface area (Å²) < 4.78 is -0.140. The van der Waals surface area contributed by atoms with Gasteiger partial charge in [-0.1, -0.05) is 5.10 Å². The van der Waals surface area contributed by atoms with Crippen LogP contribution in [0.4, 0.5) is 0 Å². The van der Waals surface area contributed by atoms with Crippen LogP contribution in [0.25, 0.3) is 0 Å². The fraction of sp³-hybridized carbons (Fsp3) is 0.417. The summed E-state index contributed by atoms with van der Waals surface area (Å²) in [6.45, 7) is 5.78. The van der Waals surface area contributed by atoms with Crippen molar-refractivity contribution in [3.8, 4) is 0 Å². The molecular formula is C12H20N5O2+. The van der Waals surface area contributed by atoms with Gasteiger partial charge in [0, 0.05) is 20.8 Å². The largest absolute Gasteiger partial charge is 0.390 e. The van der Waals surface area contributed by atoms with E-state index in [1.54, 1.807) is 21.1 Å². The topological polar surface area (TPSA) is 96.6 Å². The quantitative estimate of drug-likeness (QED) is 0.258. The lowest BCUT2D eigenvalue weighted by molar-refractivity contribution is -0.872. The van der Waals surface area contributed by atoms with E-state index in [0.29, 0.717) is 6.54 Å². The monoisotopic (exact) mass is 266 g/mol. The number of hydrogen-bond donors (Lipinski definition) is 3. The Morgan fingerprint density at radius 1 is 1.21 bits per heavy atom. The molecule has 104 valence electrons. The Labute approximate surface area is 112 Å². The molecule has 0 spiro atoms. The van der Waals surface area contributed by atoms with Crippen molar-refractivity contribution in [2.45, 2.75) is 6.92 Å². The number of likely N-dealkylation sites (N-methyl/N-ethyl adjacent to an activating group) is 3. The summed E-state index contributed by atoms with van der Waals surface area (Å²) in [5, 5.41) is 9.37. The Bertz CT molecular complexity index is 506. The summed E-state index contributed by atoms with van der Waals surface area (Å²) >= 11 is 0. The van der Waals surface area contributed by atoms with Crippen molar-refractivity contribution in [3.05, 3.63) is 22.8 Å². The van der Waals surface area contributed by atoms with Gasteiger partial charge in [-0.3, -0.25) is 9.59 Å². The number of quaternary nitrogens is 1. The molecule has 0 saturated carbocycles. The first-order chi connectivity index (χ1) is 8.87. The number of nitrogens with one attached hydrogen (secondary N) is 2. The normalized spacial score (nSPS) is 19.4. The van der Waals surface area contributed by atoms with Gasteiger partial charge in [0.05, 0.1) is 7.05 Å². The zero-order valence-corrected chi connectivity index (χ0v) is 11.7. The highest BCUT2D eigenvalue weighted by Gasteiger charge is 2.43. The molecule has 0 bridgehead atoms. The lowest BCUT2D eigenvalue weighted by atomic mass is 9.98. The number of hydrogen-bond acceptors (Lipinski definition) is 6. The number of carbonyl (C=O) groups excluding carboxylic acids is 2. The van der Waals surface area contributed by atoms with Gasteiger partial charge in [0.2, 0.25) is 11.5 Å². The van der Waals surface area contributed by atoms with Crippen molar-refractivity contribution in [2.75, 3.05) is 27.7 Å². The van der Waals surface area contributed by atoms with Gasteiger partial charge in [-0.15, -0.1) is 0 Å². The molecule has 7 heteroatoms. The van der Waals surface area contributed by atoms with E-state index in [1.165, 1.54) is 0 Å². The minimum atomic E-state index is -0.414. The van der Waals surface area contributed by atoms with Gasteiger partial charge in [0.15, 0.2) is 5.70 Å². The fourth-order valence-corrected chi connectivity index (χ4v) is 1.99. The number of carbonyl (C=O) groups is 2. The van der Waals surface area contributed by atoms with Crippen LogP contribution in [0, 0.1) is 0 Å². The molecular weight excluding hydrogens is 246 g/mol. The first kappa shape index (κ1) is 14.9. The average Bonchev–Trinajstić information content (AvgIpc) is 2.42. The smallest absolute Gasteiger partial charge is 0.269 e. The van der Waals surface area contributed by atoms with Crippen molar-refractivity contribution >= 4 is 18.3 Å². The van der Waals surface area contributed by atoms with Gasteiger partial charge in [-0.2, -0.15) is 4.59 Å². The van der Waals surface area contributed by atoms with Crippen LogP contribution in [-0.4, -0.2) is 50.6 Å². The predicted molar refractivity (Wildman–Crippen MR) is 72.6 cm³/mol. The highest BCUT2D eigenvalue weighted by Crippen LogP contribution is 2.26. The van der Waals surface area contributed by atoms with Crippen LogP contribution in [0.2, 0.25) is 0 Å². The van der Waals surface area contributed by atoms with E-state index in [9.17, 15) is 9.59 Å². The zero-order valence-electron chi connectivity index (χ0n) is 11.7. The number of Topliss-reactive ketones (excluding diaryl/α,β-unsaturated/α-hetero) is 2. The summed E-state index contributed by atoms with van der Waals surface area (Å²) in [7, 11) is 4.82. The predicted octanol–water partition coefficient (Wildman–Crippen LogP) is -0.959. The van der Waals surface area contributed by atoms with Crippen LogP contribution in [0.1, 0.15) is 6.92 Å². The van der Waals surface area contributed by atoms with E-state index in [-0.39, 0.29) is 33.2 Å². The molecule has 0 aliphatic heterocycles. The molecule has 0 amide bonds. The molecule has 1 aliphatic rings. The van der Waals surface area contributed by atoms with Gasteiger partial charge >= 0.3 is 0 Å². The second-order valence-corrected chi connectivity index (χ2v) is 4.27. The van der Waals surface area contributed by atoms with E-state index in [4.69, 9.17) is 5.73 Å². The van der Waals surface area contributed by atoms with Crippen molar-refractivity contribution in [2.24, 2.45) is 10.8 Å². The number of nitrogens with two attached hydrogens (primary N) is 1. The molecule has 1 rings (SSSR count). The lowest BCUT2D eigenvalue weighted by Crippen LogP contribution is -2.48. The van der Waals surface area contributed by atoms with Crippen LogP contribution in [0.15, 0.2) is 27.9 Å². The van der Waals surface area contributed by atoms with Crippen molar-refractivity contribution in [1.82, 2.24) is 10.6 Å². The SMILES string of the molecule is C=N[N+](C)(CC)C1=C(N)C(=O)C(NC)=C(NC)C1=O. The summed E-state index contributed by atoms with van der Waals surface area (Å²) in [5.41, 5.74) is 6.25. The molecule has 0 heterocycles. The minimum Gasteiger partial charge on any atom is -0.390 e. The first-order valence-corrected chi connectivity index (χ1v) is 5.91.